The lowest BCUT2D eigenvalue weighted by Crippen LogP contribution is -2.23. The first-order valence-corrected chi connectivity index (χ1v) is 5.95. The second kappa shape index (κ2) is 4.63. The summed E-state index contributed by atoms with van der Waals surface area (Å²) >= 11 is 0. The topological polar surface area (TPSA) is 42.0 Å². The Morgan fingerprint density at radius 3 is 2.78 bits per heavy atom. The van der Waals surface area contributed by atoms with Gasteiger partial charge in [-0.25, -0.2) is 8.78 Å². The Kier molecular flexibility index (Phi) is 3.32. The molecule has 1 saturated carbocycles. The van der Waals surface area contributed by atoms with Gasteiger partial charge in [-0.15, -0.1) is 0 Å². The van der Waals surface area contributed by atoms with Gasteiger partial charge in [0, 0.05) is 37.2 Å². The predicted octanol–water partition coefficient (Wildman–Crippen LogP) is 2.36. The van der Waals surface area contributed by atoms with Gasteiger partial charge in [-0.2, -0.15) is 0 Å². The smallest absolute Gasteiger partial charge is 0.252 e. The third-order valence-corrected chi connectivity index (χ3v) is 3.27. The third-order valence-electron chi connectivity index (χ3n) is 3.27. The van der Waals surface area contributed by atoms with E-state index in [2.05, 4.69) is 10.3 Å². The number of halogens is 2. The van der Waals surface area contributed by atoms with Crippen molar-refractivity contribution in [3.05, 3.63) is 29.1 Å². The van der Waals surface area contributed by atoms with Gasteiger partial charge in [-0.3, -0.25) is 9.78 Å². The standard InChI is InChI=1S/C13H16F2N2O/c1-8-3-10(6-16-9(8)2)7-17-12(18)4-11-5-13(11,14)15/h3,6,11H,4-5,7H2,1-2H3,(H,17,18). The van der Waals surface area contributed by atoms with E-state index in [1.54, 1.807) is 6.20 Å². The number of hydrogen-bond acceptors (Lipinski definition) is 2. The Morgan fingerprint density at radius 1 is 1.56 bits per heavy atom. The van der Waals surface area contributed by atoms with Gasteiger partial charge in [0.2, 0.25) is 5.91 Å². The van der Waals surface area contributed by atoms with Crippen LogP contribution in [0.4, 0.5) is 8.78 Å². The number of carbonyl (C=O) groups is 1. The maximum Gasteiger partial charge on any atom is 0.252 e. The van der Waals surface area contributed by atoms with Crippen LogP contribution in [0.15, 0.2) is 12.3 Å². The number of nitrogens with one attached hydrogen (secondary N) is 1. The molecular weight excluding hydrogens is 238 g/mol. The van der Waals surface area contributed by atoms with Crippen molar-refractivity contribution in [1.82, 2.24) is 10.3 Å². The van der Waals surface area contributed by atoms with Gasteiger partial charge in [0.05, 0.1) is 0 Å². The van der Waals surface area contributed by atoms with E-state index < -0.39 is 11.8 Å². The van der Waals surface area contributed by atoms with Gasteiger partial charge in [-0.05, 0) is 25.0 Å². The fraction of sp³-hybridized carbons (Fsp3) is 0.538. The molecule has 1 aliphatic carbocycles. The number of amides is 1. The molecule has 1 amide bonds. The molecule has 98 valence electrons. The van der Waals surface area contributed by atoms with Crippen molar-refractivity contribution >= 4 is 5.91 Å². The monoisotopic (exact) mass is 254 g/mol. The van der Waals surface area contributed by atoms with Crippen molar-refractivity contribution in [2.45, 2.75) is 39.2 Å². The zero-order valence-corrected chi connectivity index (χ0v) is 10.5. The van der Waals surface area contributed by atoms with Crippen LogP contribution in [0.25, 0.3) is 0 Å². The molecule has 2 rings (SSSR count). The van der Waals surface area contributed by atoms with E-state index in [-0.39, 0.29) is 18.7 Å². The normalized spacial score (nSPS) is 20.6. The van der Waals surface area contributed by atoms with Crippen molar-refractivity contribution in [3.8, 4) is 0 Å². The molecule has 0 saturated heterocycles. The molecule has 1 aliphatic rings. The zero-order chi connectivity index (χ0) is 13.3. The lowest BCUT2D eigenvalue weighted by Gasteiger charge is -2.06. The summed E-state index contributed by atoms with van der Waals surface area (Å²) in [5.74, 6) is -3.72. The lowest BCUT2D eigenvalue weighted by molar-refractivity contribution is -0.122. The van der Waals surface area contributed by atoms with E-state index in [0.29, 0.717) is 6.54 Å². The molecule has 0 radical (unpaired) electrons. The van der Waals surface area contributed by atoms with Crippen LogP contribution in [-0.2, 0) is 11.3 Å². The highest BCUT2D eigenvalue weighted by Gasteiger charge is 2.57. The van der Waals surface area contributed by atoms with Crippen LogP contribution in [0.1, 0.15) is 29.7 Å². The Hall–Kier alpha value is -1.52. The highest BCUT2D eigenvalue weighted by molar-refractivity contribution is 5.76. The average molecular weight is 254 g/mol. The molecule has 0 spiro atoms. The molecule has 1 atom stereocenters. The van der Waals surface area contributed by atoms with Crippen LogP contribution in [0.2, 0.25) is 0 Å². The molecule has 1 aromatic rings. The lowest BCUT2D eigenvalue weighted by atomic mass is 10.1. The highest BCUT2D eigenvalue weighted by atomic mass is 19.3. The van der Waals surface area contributed by atoms with Gasteiger partial charge in [0.1, 0.15) is 0 Å². The molecule has 5 heteroatoms. The molecule has 1 fully saturated rings. The molecule has 0 bridgehead atoms. The van der Waals surface area contributed by atoms with Crippen LogP contribution in [-0.4, -0.2) is 16.8 Å². The SMILES string of the molecule is Cc1cc(CNC(=O)CC2CC2(F)F)cnc1C. The summed E-state index contributed by atoms with van der Waals surface area (Å²) in [5.41, 5.74) is 2.88. The van der Waals surface area contributed by atoms with Crippen molar-refractivity contribution in [1.29, 1.82) is 0 Å². The van der Waals surface area contributed by atoms with Crippen molar-refractivity contribution in [3.63, 3.8) is 0 Å². The number of aryl methyl sites for hydroxylation is 2. The number of aromatic nitrogens is 1. The Balaban J connectivity index is 1.80. The summed E-state index contributed by atoms with van der Waals surface area (Å²) in [5, 5.41) is 2.64. The maximum absolute atomic E-state index is 12.6. The minimum Gasteiger partial charge on any atom is -0.352 e. The van der Waals surface area contributed by atoms with E-state index >= 15 is 0 Å². The van der Waals surface area contributed by atoms with Crippen LogP contribution in [0, 0.1) is 19.8 Å². The predicted molar refractivity (Wildman–Crippen MR) is 63.2 cm³/mol. The second-order valence-corrected chi connectivity index (χ2v) is 4.89. The minimum atomic E-state index is -2.63. The highest BCUT2D eigenvalue weighted by Crippen LogP contribution is 2.50. The van der Waals surface area contributed by atoms with Crippen molar-refractivity contribution in [2.75, 3.05) is 0 Å². The molecule has 0 aromatic carbocycles. The summed E-state index contributed by atoms with van der Waals surface area (Å²) in [4.78, 5) is 15.6. The van der Waals surface area contributed by atoms with Crippen LogP contribution in [0.5, 0.6) is 0 Å². The molecule has 0 aliphatic heterocycles. The molecule has 1 unspecified atom stereocenters. The summed E-state index contributed by atoms with van der Waals surface area (Å²) in [6, 6.07) is 1.94. The fourth-order valence-corrected chi connectivity index (χ4v) is 1.79. The average Bonchev–Trinajstić information content (AvgIpc) is 2.88. The van der Waals surface area contributed by atoms with E-state index in [1.165, 1.54) is 0 Å². The first-order valence-electron chi connectivity index (χ1n) is 5.95. The zero-order valence-electron chi connectivity index (χ0n) is 10.5. The largest absolute Gasteiger partial charge is 0.352 e. The van der Waals surface area contributed by atoms with Gasteiger partial charge >= 0.3 is 0 Å². The van der Waals surface area contributed by atoms with Crippen molar-refractivity contribution in [2.24, 2.45) is 5.92 Å². The maximum atomic E-state index is 12.6. The molecule has 1 N–H and O–H groups in total. The van der Waals surface area contributed by atoms with Gasteiger partial charge in [0.25, 0.3) is 5.92 Å². The number of nitrogens with zero attached hydrogens (tertiary/aromatic N) is 1. The van der Waals surface area contributed by atoms with E-state index in [0.717, 1.165) is 16.8 Å². The number of pyridine rings is 1. The van der Waals surface area contributed by atoms with Gasteiger partial charge in [0.15, 0.2) is 0 Å². The van der Waals surface area contributed by atoms with Crippen LogP contribution < -0.4 is 5.32 Å². The summed E-state index contributed by atoms with van der Waals surface area (Å²) in [7, 11) is 0. The Labute approximate surface area is 105 Å². The quantitative estimate of drug-likeness (QED) is 0.896. The minimum absolute atomic E-state index is 0.0920. The molecule has 1 aromatic heterocycles. The first-order chi connectivity index (χ1) is 8.38. The van der Waals surface area contributed by atoms with Gasteiger partial charge in [-0.1, -0.05) is 6.07 Å². The number of alkyl halides is 2. The second-order valence-electron chi connectivity index (χ2n) is 4.89. The molecule has 3 nitrogen and oxygen atoms in total. The third kappa shape index (κ3) is 3.03. The first kappa shape index (κ1) is 12.9. The summed E-state index contributed by atoms with van der Waals surface area (Å²) < 4.78 is 25.3. The van der Waals surface area contributed by atoms with E-state index in [9.17, 15) is 13.6 Å². The number of hydrogen-bond donors (Lipinski definition) is 1. The summed E-state index contributed by atoms with van der Waals surface area (Å²) in [6.45, 7) is 4.19. The van der Waals surface area contributed by atoms with Crippen LogP contribution >= 0.6 is 0 Å². The molecule has 1 heterocycles. The van der Waals surface area contributed by atoms with E-state index in [1.807, 2.05) is 19.9 Å². The Bertz CT molecular complexity index is 474. The van der Waals surface area contributed by atoms with Crippen LogP contribution in [0.3, 0.4) is 0 Å². The Morgan fingerprint density at radius 2 is 2.22 bits per heavy atom. The molecular formula is C13H16F2N2O. The number of rotatable bonds is 4. The number of carbonyl (C=O) groups excluding carboxylic acids is 1. The fourth-order valence-electron chi connectivity index (χ4n) is 1.79. The van der Waals surface area contributed by atoms with Gasteiger partial charge < -0.3 is 5.32 Å². The summed E-state index contributed by atoms with van der Waals surface area (Å²) in [6.07, 6.45) is 1.44. The van der Waals surface area contributed by atoms with E-state index in [4.69, 9.17) is 0 Å². The van der Waals surface area contributed by atoms with Crippen molar-refractivity contribution < 1.29 is 13.6 Å². The molecule has 18 heavy (non-hydrogen) atoms.